The number of anilines is 2. The minimum Gasteiger partial charge on any atom is -0.372 e. The Kier molecular flexibility index (Phi) is 6.22. The lowest BCUT2D eigenvalue weighted by atomic mass is 10.1. The fraction of sp³-hybridized carbons (Fsp3) is 0.429. The van der Waals surface area contributed by atoms with Gasteiger partial charge in [-0.25, -0.2) is 0 Å². The van der Waals surface area contributed by atoms with Crippen LogP contribution in [0.1, 0.15) is 19.4 Å². The van der Waals surface area contributed by atoms with E-state index in [4.69, 9.17) is 11.6 Å². The molecule has 134 valence electrons. The minimum absolute atomic E-state index is 0.807. The van der Waals surface area contributed by atoms with Crippen LogP contribution in [-0.4, -0.2) is 39.3 Å². The fourth-order valence-corrected chi connectivity index (χ4v) is 3.74. The smallest absolute Gasteiger partial charge is 0.103 e. The van der Waals surface area contributed by atoms with Crippen molar-refractivity contribution in [2.75, 3.05) is 49.1 Å². The van der Waals surface area contributed by atoms with Crippen LogP contribution in [0.15, 0.2) is 48.5 Å². The molecule has 3 rings (SSSR count). The number of hydrogen-bond donors (Lipinski definition) is 1. The molecule has 1 aliphatic rings. The highest BCUT2D eigenvalue weighted by atomic mass is 35.5. The van der Waals surface area contributed by atoms with Crippen LogP contribution in [0.3, 0.4) is 0 Å². The van der Waals surface area contributed by atoms with Gasteiger partial charge in [0.1, 0.15) is 6.54 Å². The SMILES string of the molecule is CCN(CC)c1ccc(C[NH+]2CCN(c3ccc(Cl)cc3)CC2)cc1. The lowest BCUT2D eigenvalue weighted by molar-refractivity contribution is -0.914. The number of hydrogen-bond acceptors (Lipinski definition) is 2. The van der Waals surface area contributed by atoms with Crippen molar-refractivity contribution in [2.45, 2.75) is 20.4 Å². The van der Waals surface area contributed by atoms with Crippen LogP contribution < -0.4 is 14.7 Å². The molecule has 0 bridgehead atoms. The number of quaternary nitrogens is 1. The van der Waals surface area contributed by atoms with E-state index in [0.717, 1.165) is 37.7 Å². The molecule has 2 aromatic carbocycles. The number of piperazine rings is 1. The van der Waals surface area contributed by atoms with E-state index in [2.05, 4.69) is 60.0 Å². The molecule has 1 aliphatic heterocycles. The van der Waals surface area contributed by atoms with E-state index in [9.17, 15) is 0 Å². The van der Waals surface area contributed by atoms with Crippen LogP contribution in [0.5, 0.6) is 0 Å². The Hall–Kier alpha value is -1.71. The second-order valence-electron chi connectivity index (χ2n) is 6.73. The molecular weight excluding hydrogens is 330 g/mol. The highest BCUT2D eigenvalue weighted by Gasteiger charge is 2.20. The molecule has 1 fully saturated rings. The minimum atomic E-state index is 0.807. The molecule has 1 N–H and O–H groups in total. The molecular formula is C21H29ClN3+. The maximum Gasteiger partial charge on any atom is 0.103 e. The van der Waals surface area contributed by atoms with E-state index in [-0.39, 0.29) is 0 Å². The molecule has 4 heteroatoms. The monoisotopic (exact) mass is 358 g/mol. The van der Waals surface area contributed by atoms with Gasteiger partial charge in [0.25, 0.3) is 0 Å². The van der Waals surface area contributed by atoms with E-state index in [1.165, 1.54) is 30.0 Å². The third-order valence-corrected chi connectivity index (χ3v) is 5.43. The van der Waals surface area contributed by atoms with Crippen molar-refractivity contribution in [3.63, 3.8) is 0 Å². The number of benzene rings is 2. The summed E-state index contributed by atoms with van der Waals surface area (Å²) in [4.78, 5) is 6.52. The van der Waals surface area contributed by atoms with Gasteiger partial charge in [0.15, 0.2) is 0 Å². The van der Waals surface area contributed by atoms with Gasteiger partial charge in [-0.2, -0.15) is 0 Å². The Morgan fingerprint density at radius 1 is 0.920 bits per heavy atom. The zero-order valence-electron chi connectivity index (χ0n) is 15.3. The van der Waals surface area contributed by atoms with E-state index in [1.807, 2.05) is 12.1 Å². The van der Waals surface area contributed by atoms with Crippen LogP contribution >= 0.6 is 11.6 Å². The van der Waals surface area contributed by atoms with E-state index < -0.39 is 0 Å². The molecule has 1 saturated heterocycles. The second kappa shape index (κ2) is 8.59. The first-order valence-electron chi connectivity index (χ1n) is 9.37. The predicted octanol–water partition coefficient (Wildman–Crippen LogP) is 3.09. The van der Waals surface area contributed by atoms with Crippen LogP contribution in [0, 0.1) is 0 Å². The van der Waals surface area contributed by atoms with E-state index >= 15 is 0 Å². The molecule has 0 aliphatic carbocycles. The molecule has 0 saturated carbocycles. The van der Waals surface area contributed by atoms with Gasteiger partial charge in [-0.1, -0.05) is 23.7 Å². The first kappa shape index (κ1) is 18.1. The molecule has 0 aromatic heterocycles. The Morgan fingerprint density at radius 3 is 2.08 bits per heavy atom. The summed E-state index contributed by atoms with van der Waals surface area (Å²) in [6.07, 6.45) is 0. The number of halogens is 1. The third-order valence-electron chi connectivity index (χ3n) is 5.18. The van der Waals surface area contributed by atoms with Crippen molar-refractivity contribution in [3.05, 3.63) is 59.1 Å². The van der Waals surface area contributed by atoms with Gasteiger partial charge in [-0.15, -0.1) is 0 Å². The molecule has 2 aromatic rings. The highest BCUT2D eigenvalue weighted by Crippen LogP contribution is 2.18. The van der Waals surface area contributed by atoms with Gasteiger partial charge in [-0.3, -0.25) is 0 Å². The maximum atomic E-state index is 5.99. The number of nitrogens with one attached hydrogen (secondary N) is 1. The first-order chi connectivity index (χ1) is 12.2. The van der Waals surface area contributed by atoms with Gasteiger partial charge in [0.05, 0.1) is 26.2 Å². The van der Waals surface area contributed by atoms with Gasteiger partial charge in [-0.05, 0) is 50.2 Å². The summed E-state index contributed by atoms with van der Waals surface area (Å²) in [7, 11) is 0. The summed E-state index contributed by atoms with van der Waals surface area (Å²) in [6.45, 7) is 12.2. The summed E-state index contributed by atoms with van der Waals surface area (Å²) >= 11 is 5.99. The van der Waals surface area contributed by atoms with Crippen molar-refractivity contribution in [3.8, 4) is 0 Å². The maximum absolute atomic E-state index is 5.99. The zero-order valence-corrected chi connectivity index (χ0v) is 16.1. The molecule has 25 heavy (non-hydrogen) atoms. The molecule has 3 nitrogen and oxygen atoms in total. The van der Waals surface area contributed by atoms with E-state index in [0.29, 0.717) is 0 Å². The Balaban J connectivity index is 1.52. The average molecular weight is 359 g/mol. The van der Waals surface area contributed by atoms with Crippen molar-refractivity contribution >= 4 is 23.0 Å². The second-order valence-corrected chi connectivity index (χ2v) is 7.17. The molecule has 0 amide bonds. The van der Waals surface area contributed by atoms with Crippen molar-refractivity contribution in [2.24, 2.45) is 0 Å². The van der Waals surface area contributed by atoms with Crippen molar-refractivity contribution < 1.29 is 4.90 Å². The molecule has 0 spiro atoms. The zero-order chi connectivity index (χ0) is 17.6. The van der Waals surface area contributed by atoms with Crippen LogP contribution in [0.25, 0.3) is 0 Å². The number of nitrogens with zero attached hydrogens (tertiary/aromatic N) is 2. The fourth-order valence-electron chi connectivity index (χ4n) is 3.61. The summed E-state index contributed by atoms with van der Waals surface area (Å²) in [5.41, 5.74) is 4.05. The van der Waals surface area contributed by atoms with E-state index in [1.54, 1.807) is 4.90 Å². The molecule has 0 atom stereocenters. The molecule has 0 unspecified atom stereocenters. The van der Waals surface area contributed by atoms with Crippen LogP contribution in [0.4, 0.5) is 11.4 Å². The van der Waals surface area contributed by atoms with Crippen molar-refractivity contribution in [1.82, 2.24) is 0 Å². The summed E-state index contributed by atoms with van der Waals surface area (Å²) < 4.78 is 0. The molecule has 1 heterocycles. The summed E-state index contributed by atoms with van der Waals surface area (Å²) in [5, 5.41) is 0.807. The summed E-state index contributed by atoms with van der Waals surface area (Å²) in [6, 6.07) is 17.3. The topological polar surface area (TPSA) is 10.9 Å². The Labute approximate surface area is 156 Å². The standard InChI is InChI=1S/C21H28ClN3/c1-3-24(4-2)20-9-5-18(6-10-20)17-23-13-15-25(16-14-23)21-11-7-19(22)8-12-21/h5-12H,3-4,13-17H2,1-2H3/p+1. The lowest BCUT2D eigenvalue weighted by Crippen LogP contribution is -3.13. The Morgan fingerprint density at radius 2 is 1.52 bits per heavy atom. The normalized spacial score (nSPS) is 15.4. The van der Waals surface area contributed by atoms with Gasteiger partial charge in [0.2, 0.25) is 0 Å². The quantitative estimate of drug-likeness (QED) is 0.850. The van der Waals surface area contributed by atoms with Crippen molar-refractivity contribution in [1.29, 1.82) is 0 Å². The summed E-state index contributed by atoms with van der Waals surface area (Å²) in [5.74, 6) is 0. The van der Waals surface area contributed by atoms with Gasteiger partial charge >= 0.3 is 0 Å². The van der Waals surface area contributed by atoms with Gasteiger partial charge in [0, 0.05) is 35.1 Å². The van der Waals surface area contributed by atoms with Crippen LogP contribution in [-0.2, 0) is 6.54 Å². The molecule has 0 radical (unpaired) electrons. The third kappa shape index (κ3) is 4.68. The first-order valence-corrected chi connectivity index (χ1v) is 9.75. The van der Waals surface area contributed by atoms with Crippen LogP contribution in [0.2, 0.25) is 5.02 Å². The lowest BCUT2D eigenvalue weighted by Gasteiger charge is -2.33. The highest BCUT2D eigenvalue weighted by molar-refractivity contribution is 6.30. The Bertz CT molecular complexity index is 642. The number of rotatable bonds is 6. The predicted molar refractivity (Wildman–Crippen MR) is 108 cm³/mol. The average Bonchev–Trinajstić information content (AvgIpc) is 2.65. The largest absolute Gasteiger partial charge is 0.372 e. The van der Waals surface area contributed by atoms with Gasteiger partial charge < -0.3 is 14.7 Å².